The Labute approximate surface area is 325 Å². The van der Waals surface area contributed by atoms with Gasteiger partial charge in [-0.15, -0.1) is 0 Å². The Kier molecular flexibility index (Phi) is 7.69. The molecule has 0 fully saturated rings. The van der Waals surface area contributed by atoms with Crippen LogP contribution in [0.3, 0.4) is 0 Å². The summed E-state index contributed by atoms with van der Waals surface area (Å²) in [6.07, 6.45) is 0. The zero-order valence-electron chi connectivity index (χ0n) is 31.7. The van der Waals surface area contributed by atoms with E-state index < -0.39 is 0 Å². The van der Waals surface area contributed by atoms with Gasteiger partial charge in [0.15, 0.2) is 5.82 Å². The average molecular weight is 720 g/mol. The van der Waals surface area contributed by atoms with E-state index in [0.29, 0.717) is 11.4 Å². The van der Waals surface area contributed by atoms with E-state index in [1.807, 2.05) is 32.0 Å². The molecule has 0 saturated carbocycles. The monoisotopic (exact) mass is 719 g/mol. The van der Waals surface area contributed by atoms with E-state index in [9.17, 15) is 5.26 Å². The first-order valence-corrected chi connectivity index (χ1v) is 19.0. The number of benzene rings is 7. The second-order valence-corrected chi connectivity index (χ2v) is 14.8. The van der Waals surface area contributed by atoms with Crippen LogP contribution in [0.5, 0.6) is 0 Å². The summed E-state index contributed by atoms with van der Waals surface area (Å²) >= 11 is 0. The Morgan fingerprint density at radius 3 is 1.34 bits per heavy atom. The largest absolute Gasteiger partial charge is 0.308 e. The van der Waals surface area contributed by atoms with Crippen LogP contribution in [-0.2, 0) is 0 Å². The second-order valence-electron chi connectivity index (χ2n) is 14.8. The van der Waals surface area contributed by atoms with Gasteiger partial charge in [0.1, 0.15) is 0 Å². The smallest absolute Gasteiger partial charge is 0.163 e. The lowest BCUT2D eigenvalue weighted by Crippen LogP contribution is -2.07. The molecule has 3 aromatic heterocycles. The van der Waals surface area contributed by atoms with Gasteiger partial charge in [0, 0.05) is 32.9 Å². The number of aromatic nitrogens is 4. The molecule has 0 aliphatic rings. The summed E-state index contributed by atoms with van der Waals surface area (Å²) in [7, 11) is 0. The van der Waals surface area contributed by atoms with Gasteiger partial charge in [0.2, 0.25) is 0 Å². The molecule has 0 aliphatic heterocycles. The molecule has 0 saturated heterocycles. The number of fused-ring (bicyclic) bond motifs is 6. The van der Waals surface area contributed by atoms with E-state index in [4.69, 9.17) is 9.97 Å². The lowest BCUT2D eigenvalue weighted by atomic mass is 9.99. The quantitative estimate of drug-likeness (QED) is 0.178. The highest BCUT2D eigenvalue weighted by atomic mass is 15.0. The van der Waals surface area contributed by atoms with Gasteiger partial charge in [-0.2, -0.15) is 5.26 Å². The molecule has 0 aliphatic carbocycles. The predicted molar refractivity (Wildman–Crippen MR) is 231 cm³/mol. The van der Waals surface area contributed by atoms with Crippen molar-refractivity contribution in [2.75, 3.05) is 0 Å². The summed E-state index contributed by atoms with van der Waals surface area (Å²) in [6, 6.07) is 56.2. The van der Waals surface area contributed by atoms with Gasteiger partial charge in [-0.05, 0) is 104 Å². The molecule has 0 N–H and O–H groups in total. The van der Waals surface area contributed by atoms with Crippen LogP contribution in [0.25, 0.3) is 88.6 Å². The molecule has 5 nitrogen and oxygen atoms in total. The highest BCUT2D eigenvalue weighted by Crippen LogP contribution is 2.43. The van der Waals surface area contributed by atoms with Crippen LogP contribution in [0, 0.1) is 39.0 Å². The molecule has 0 bridgehead atoms. The van der Waals surface area contributed by atoms with Gasteiger partial charge in [0.25, 0.3) is 0 Å². The predicted octanol–water partition coefficient (Wildman–Crippen LogP) is 12.8. The third kappa shape index (κ3) is 5.22. The molecular formula is C51H37N5. The summed E-state index contributed by atoms with van der Waals surface area (Å²) in [5.74, 6) is 0.610. The van der Waals surface area contributed by atoms with E-state index in [1.165, 1.54) is 22.3 Å². The normalized spacial score (nSPS) is 11.6. The number of aryl methyl sites for hydroxylation is 4. The fourth-order valence-electron chi connectivity index (χ4n) is 8.68. The van der Waals surface area contributed by atoms with Crippen molar-refractivity contribution < 1.29 is 0 Å². The second kappa shape index (κ2) is 12.9. The standard InChI is InChI=1S/C51H37N5/c1-31-13-5-7-15-38(31)36-21-23-42-40-17-9-11-19-44(40)55(46(42)28-36)48-26-35(30-52)27-49(50(48)51-53-33(3)25-34(4)54-51)56-45-20-12-10-18-41(45)43-24-22-37(29-47(43)56)39-16-8-6-14-32(39)2/h5-29H,1-4H3. The third-order valence-electron chi connectivity index (χ3n) is 11.2. The van der Waals surface area contributed by atoms with Crippen molar-refractivity contribution in [3.63, 3.8) is 0 Å². The summed E-state index contributed by atoms with van der Waals surface area (Å²) in [4.78, 5) is 10.3. The van der Waals surface area contributed by atoms with Gasteiger partial charge in [-0.1, -0.05) is 109 Å². The number of para-hydroxylation sites is 2. The van der Waals surface area contributed by atoms with E-state index in [-0.39, 0.29) is 0 Å². The van der Waals surface area contributed by atoms with E-state index in [2.05, 4.69) is 163 Å². The van der Waals surface area contributed by atoms with Crippen LogP contribution in [-0.4, -0.2) is 19.1 Å². The summed E-state index contributed by atoms with van der Waals surface area (Å²) in [5, 5.41) is 15.4. The highest BCUT2D eigenvalue weighted by Gasteiger charge is 2.25. The van der Waals surface area contributed by atoms with Crippen molar-refractivity contribution in [1.29, 1.82) is 5.26 Å². The minimum atomic E-state index is 0.546. The maximum atomic E-state index is 10.8. The number of hydrogen-bond donors (Lipinski definition) is 0. The number of rotatable bonds is 5. The van der Waals surface area contributed by atoms with Crippen LogP contribution < -0.4 is 0 Å². The molecule has 0 radical (unpaired) electrons. The topological polar surface area (TPSA) is 59.4 Å². The Morgan fingerprint density at radius 1 is 0.446 bits per heavy atom. The zero-order chi connectivity index (χ0) is 38.1. The van der Waals surface area contributed by atoms with Crippen molar-refractivity contribution in [1.82, 2.24) is 19.1 Å². The van der Waals surface area contributed by atoms with Crippen molar-refractivity contribution in [3.05, 3.63) is 180 Å². The van der Waals surface area contributed by atoms with Gasteiger partial charge in [0.05, 0.1) is 50.6 Å². The average Bonchev–Trinajstić information content (AvgIpc) is 3.72. The molecular weight excluding hydrogens is 683 g/mol. The molecule has 0 amide bonds. The summed E-state index contributed by atoms with van der Waals surface area (Å²) in [6.45, 7) is 8.35. The van der Waals surface area contributed by atoms with E-state index >= 15 is 0 Å². The van der Waals surface area contributed by atoms with Crippen molar-refractivity contribution in [2.24, 2.45) is 0 Å². The molecule has 7 aromatic carbocycles. The Hall–Kier alpha value is -7.29. The number of nitrogens with zero attached hydrogens (tertiary/aromatic N) is 5. The maximum absolute atomic E-state index is 10.8. The molecule has 10 rings (SSSR count). The molecule has 5 heteroatoms. The minimum absolute atomic E-state index is 0.546. The van der Waals surface area contributed by atoms with Gasteiger partial charge in [-0.3, -0.25) is 0 Å². The molecule has 266 valence electrons. The first kappa shape index (κ1) is 33.3. The molecule has 3 heterocycles. The first-order valence-electron chi connectivity index (χ1n) is 19.0. The van der Waals surface area contributed by atoms with Gasteiger partial charge < -0.3 is 9.13 Å². The molecule has 0 spiro atoms. The van der Waals surface area contributed by atoms with E-state index in [0.717, 1.165) is 83.1 Å². The SMILES string of the molecule is Cc1cc(C)nc(-c2c(-n3c4ccccc4c4ccc(-c5ccccc5C)cc43)cc(C#N)cc2-n2c3ccccc3c3ccc(-c4ccccc4C)cc32)n1. The summed E-state index contributed by atoms with van der Waals surface area (Å²) < 4.78 is 4.64. The molecule has 10 aromatic rings. The van der Waals surface area contributed by atoms with Gasteiger partial charge in [-0.25, -0.2) is 9.97 Å². The highest BCUT2D eigenvalue weighted by molar-refractivity contribution is 6.13. The summed E-state index contributed by atoms with van der Waals surface area (Å²) in [5.41, 5.74) is 16.1. The van der Waals surface area contributed by atoms with Crippen molar-refractivity contribution in [2.45, 2.75) is 27.7 Å². The number of nitriles is 1. The maximum Gasteiger partial charge on any atom is 0.163 e. The molecule has 56 heavy (non-hydrogen) atoms. The fourth-order valence-corrected chi connectivity index (χ4v) is 8.68. The Morgan fingerprint density at radius 2 is 0.875 bits per heavy atom. The van der Waals surface area contributed by atoms with Crippen LogP contribution in [0.2, 0.25) is 0 Å². The van der Waals surface area contributed by atoms with E-state index in [1.54, 1.807) is 0 Å². The van der Waals surface area contributed by atoms with Crippen molar-refractivity contribution >= 4 is 43.6 Å². The van der Waals surface area contributed by atoms with Gasteiger partial charge >= 0.3 is 0 Å². The van der Waals surface area contributed by atoms with Crippen LogP contribution in [0.15, 0.2) is 152 Å². The number of hydrogen-bond acceptors (Lipinski definition) is 3. The zero-order valence-corrected chi connectivity index (χ0v) is 31.7. The first-order chi connectivity index (χ1) is 27.4. The Bertz CT molecular complexity index is 3060. The van der Waals surface area contributed by atoms with Crippen LogP contribution >= 0.6 is 0 Å². The van der Waals surface area contributed by atoms with Crippen LogP contribution in [0.1, 0.15) is 28.1 Å². The minimum Gasteiger partial charge on any atom is -0.308 e. The fraction of sp³-hybridized carbons (Fsp3) is 0.0784. The molecule has 0 atom stereocenters. The van der Waals surface area contributed by atoms with Crippen LogP contribution in [0.4, 0.5) is 0 Å². The van der Waals surface area contributed by atoms with Crippen molar-refractivity contribution in [3.8, 4) is 51.1 Å². The molecule has 0 unspecified atom stereocenters. The lowest BCUT2D eigenvalue weighted by molar-refractivity contribution is 1.04. The lowest BCUT2D eigenvalue weighted by Gasteiger charge is -2.20. The third-order valence-corrected chi connectivity index (χ3v) is 11.2. The Balaban J connectivity index is 1.38.